The fourth-order valence-electron chi connectivity index (χ4n) is 3.86. The van der Waals surface area contributed by atoms with Crippen molar-refractivity contribution in [2.24, 2.45) is 11.8 Å². The molecule has 0 heterocycles. The second kappa shape index (κ2) is 4.40. The molecule has 0 N–H and O–H groups in total. The third kappa shape index (κ3) is 2.22. The maximum absolute atomic E-state index is 11.4. The number of ketones is 2. The summed E-state index contributed by atoms with van der Waals surface area (Å²) in [6, 6.07) is 0. The zero-order chi connectivity index (χ0) is 11.8. The first-order valence-electron chi connectivity index (χ1n) is 6.95. The fourth-order valence-corrected chi connectivity index (χ4v) is 3.86. The number of hydrogen-bond acceptors (Lipinski definition) is 2. The SMILES string of the molecule is O=C1CCC2=C(CC[C@H]([C@H]3CCC(=O)C3)C2)C1. The highest BCUT2D eigenvalue weighted by Crippen LogP contribution is 2.43. The quantitative estimate of drug-likeness (QED) is 0.650. The van der Waals surface area contributed by atoms with E-state index >= 15 is 0 Å². The first kappa shape index (κ1) is 11.2. The molecule has 2 atom stereocenters. The van der Waals surface area contributed by atoms with Crippen molar-refractivity contribution >= 4 is 11.6 Å². The van der Waals surface area contributed by atoms with Gasteiger partial charge in [-0.1, -0.05) is 11.1 Å². The van der Waals surface area contributed by atoms with Crippen molar-refractivity contribution in [3.8, 4) is 0 Å². The predicted molar refractivity (Wildman–Crippen MR) is 65.6 cm³/mol. The van der Waals surface area contributed by atoms with Gasteiger partial charge in [-0.3, -0.25) is 9.59 Å². The van der Waals surface area contributed by atoms with E-state index in [0.29, 0.717) is 17.5 Å². The van der Waals surface area contributed by atoms with Gasteiger partial charge < -0.3 is 0 Å². The Balaban J connectivity index is 1.69. The van der Waals surface area contributed by atoms with Crippen molar-refractivity contribution in [3.05, 3.63) is 11.1 Å². The molecule has 0 aliphatic heterocycles. The van der Waals surface area contributed by atoms with E-state index in [2.05, 4.69) is 0 Å². The lowest BCUT2D eigenvalue weighted by molar-refractivity contribution is -0.119. The molecule has 2 nitrogen and oxygen atoms in total. The fraction of sp³-hybridized carbons (Fsp3) is 0.733. The lowest BCUT2D eigenvalue weighted by Gasteiger charge is -2.32. The van der Waals surface area contributed by atoms with Crippen LogP contribution < -0.4 is 0 Å². The third-order valence-electron chi connectivity index (χ3n) is 4.89. The molecule has 1 saturated carbocycles. The summed E-state index contributed by atoms with van der Waals surface area (Å²) in [5.74, 6) is 2.27. The van der Waals surface area contributed by atoms with Gasteiger partial charge in [0.05, 0.1) is 0 Å². The first-order valence-corrected chi connectivity index (χ1v) is 6.95. The summed E-state index contributed by atoms with van der Waals surface area (Å²) in [6.07, 6.45) is 8.76. The standard InChI is InChI=1S/C15H20O2/c16-14-5-3-11-7-10(1-2-12(11)8-14)13-4-6-15(17)9-13/h10,13H,1-9H2/t10-,13-/m0/s1. The molecule has 0 saturated heterocycles. The van der Waals surface area contributed by atoms with Gasteiger partial charge >= 0.3 is 0 Å². The van der Waals surface area contributed by atoms with Gasteiger partial charge in [-0.15, -0.1) is 0 Å². The number of carbonyl (C=O) groups excluding carboxylic acids is 2. The summed E-state index contributed by atoms with van der Waals surface area (Å²) in [5, 5.41) is 0. The summed E-state index contributed by atoms with van der Waals surface area (Å²) in [6.45, 7) is 0. The van der Waals surface area contributed by atoms with Crippen LogP contribution in [0.25, 0.3) is 0 Å². The van der Waals surface area contributed by atoms with Crippen LogP contribution in [0.5, 0.6) is 0 Å². The molecule has 0 bridgehead atoms. The minimum atomic E-state index is 0.429. The third-order valence-corrected chi connectivity index (χ3v) is 4.89. The number of hydrogen-bond donors (Lipinski definition) is 0. The Morgan fingerprint density at radius 1 is 0.706 bits per heavy atom. The van der Waals surface area contributed by atoms with Crippen molar-refractivity contribution in [2.75, 3.05) is 0 Å². The molecule has 3 aliphatic rings. The van der Waals surface area contributed by atoms with Gasteiger partial charge in [0.15, 0.2) is 0 Å². The number of rotatable bonds is 1. The monoisotopic (exact) mass is 232 g/mol. The molecule has 0 radical (unpaired) electrons. The van der Waals surface area contributed by atoms with Crippen molar-refractivity contribution < 1.29 is 9.59 Å². The summed E-state index contributed by atoms with van der Waals surface area (Å²) >= 11 is 0. The van der Waals surface area contributed by atoms with E-state index in [1.165, 1.54) is 18.4 Å². The van der Waals surface area contributed by atoms with Gasteiger partial charge in [-0.05, 0) is 43.9 Å². The van der Waals surface area contributed by atoms with Crippen LogP contribution in [0.1, 0.15) is 57.8 Å². The number of carbonyl (C=O) groups is 2. The molecule has 92 valence electrons. The molecule has 0 aromatic heterocycles. The van der Waals surface area contributed by atoms with E-state index in [0.717, 1.165) is 50.9 Å². The van der Waals surface area contributed by atoms with Crippen LogP contribution in [0.2, 0.25) is 0 Å². The molecule has 2 heteroatoms. The molecule has 1 fully saturated rings. The molecular formula is C15H20O2. The summed E-state index contributed by atoms with van der Waals surface area (Å²) in [4.78, 5) is 22.8. The van der Waals surface area contributed by atoms with E-state index in [1.54, 1.807) is 5.57 Å². The van der Waals surface area contributed by atoms with Crippen LogP contribution in [0, 0.1) is 11.8 Å². The Morgan fingerprint density at radius 2 is 1.47 bits per heavy atom. The average molecular weight is 232 g/mol. The molecule has 0 aromatic carbocycles. The van der Waals surface area contributed by atoms with Crippen molar-refractivity contribution in [1.82, 2.24) is 0 Å². The smallest absolute Gasteiger partial charge is 0.137 e. The summed E-state index contributed by atoms with van der Waals surface area (Å²) in [5.41, 5.74) is 3.02. The Morgan fingerprint density at radius 3 is 2.24 bits per heavy atom. The van der Waals surface area contributed by atoms with Crippen molar-refractivity contribution in [3.63, 3.8) is 0 Å². The molecule has 0 spiro atoms. The molecule has 0 amide bonds. The van der Waals surface area contributed by atoms with Crippen LogP contribution in [0.4, 0.5) is 0 Å². The number of Topliss-reactive ketones (excluding diaryl/α,β-unsaturated/α-hetero) is 2. The Kier molecular flexibility index (Phi) is 2.89. The van der Waals surface area contributed by atoms with Crippen LogP contribution in [-0.2, 0) is 9.59 Å². The normalized spacial score (nSPS) is 34.1. The Labute approximate surface area is 102 Å². The lowest BCUT2D eigenvalue weighted by Crippen LogP contribution is -2.22. The van der Waals surface area contributed by atoms with Gasteiger partial charge in [0.2, 0.25) is 0 Å². The van der Waals surface area contributed by atoms with Gasteiger partial charge in [-0.2, -0.15) is 0 Å². The van der Waals surface area contributed by atoms with Crippen molar-refractivity contribution in [2.45, 2.75) is 57.8 Å². The minimum Gasteiger partial charge on any atom is -0.300 e. The van der Waals surface area contributed by atoms with Crippen molar-refractivity contribution in [1.29, 1.82) is 0 Å². The lowest BCUT2D eigenvalue weighted by atomic mass is 9.72. The average Bonchev–Trinajstić information content (AvgIpc) is 2.75. The van der Waals surface area contributed by atoms with Gasteiger partial charge in [0.1, 0.15) is 11.6 Å². The highest BCUT2D eigenvalue weighted by atomic mass is 16.1. The van der Waals surface area contributed by atoms with E-state index in [1.807, 2.05) is 0 Å². The molecule has 0 unspecified atom stereocenters. The summed E-state index contributed by atoms with van der Waals surface area (Å²) < 4.78 is 0. The van der Waals surface area contributed by atoms with Gasteiger partial charge in [0.25, 0.3) is 0 Å². The summed E-state index contributed by atoms with van der Waals surface area (Å²) in [7, 11) is 0. The number of allylic oxidation sites excluding steroid dienone is 2. The second-order valence-electron chi connectivity index (χ2n) is 5.97. The zero-order valence-corrected chi connectivity index (χ0v) is 10.3. The highest BCUT2D eigenvalue weighted by Gasteiger charge is 2.33. The van der Waals surface area contributed by atoms with E-state index in [9.17, 15) is 9.59 Å². The predicted octanol–water partition coefficient (Wildman–Crippen LogP) is 3.21. The Hall–Kier alpha value is -0.920. The van der Waals surface area contributed by atoms with Crippen LogP contribution in [-0.4, -0.2) is 11.6 Å². The molecule has 3 aliphatic carbocycles. The second-order valence-corrected chi connectivity index (χ2v) is 5.97. The van der Waals surface area contributed by atoms with Crippen LogP contribution in [0.15, 0.2) is 11.1 Å². The first-order chi connectivity index (χ1) is 8.22. The van der Waals surface area contributed by atoms with Gasteiger partial charge in [0, 0.05) is 25.7 Å². The maximum atomic E-state index is 11.4. The minimum absolute atomic E-state index is 0.429. The highest BCUT2D eigenvalue weighted by molar-refractivity contribution is 5.83. The van der Waals surface area contributed by atoms with E-state index in [4.69, 9.17) is 0 Å². The van der Waals surface area contributed by atoms with Gasteiger partial charge in [-0.25, -0.2) is 0 Å². The van der Waals surface area contributed by atoms with Crippen LogP contribution in [0.3, 0.4) is 0 Å². The maximum Gasteiger partial charge on any atom is 0.137 e. The molecule has 3 rings (SSSR count). The van der Waals surface area contributed by atoms with E-state index < -0.39 is 0 Å². The topological polar surface area (TPSA) is 34.1 Å². The Bertz CT molecular complexity index is 392. The van der Waals surface area contributed by atoms with E-state index in [-0.39, 0.29) is 0 Å². The van der Waals surface area contributed by atoms with Crippen LogP contribution >= 0.6 is 0 Å². The zero-order valence-electron chi connectivity index (χ0n) is 10.3. The molecule has 17 heavy (non-hydrogen) atoms. The molecule has 0 aromatic rings. The largest absolute Gasteiger partial charge is 0.300 e. The molecular weight excluding hydrogens is 212 g/mol.